The Morgan fingerprint density at radius 3 is 2.86 bits per heavy atom. The Balaban J connectivity index is 1.91. The molecule has 0 unspecified atom stereocenters. The molecule has 3 rings (SSSR count). The number of aliphatic hydroxyl groups excluding tert-OH is 1. The molecule has 4 nitrogen and oxygen atoms in total. The first kappa shape index (κ1) is 15.0. The number of carbonyl (C=O) groups excluding carboxylic acids is 1. The summed E-state index contributed by atoms with van der Waals surface area (Å²) in [6, 6.07) is 0. The molecule has 1 saturated carbocycles. The van der Waals surface area contributed by atoms with Crippen LogP contribution in [0.5, 0.6) is 0 Å². The molecule has 4 heteroatoms. The highest BCUT2D eigenvalue weighted by Gasteiger charge is 2.58. The highest BCUT2D eigenvalue weighted by atomic mass is 16.6. The number of esters is 1. The number of ether oxygens (including phenoxy) is 1. The largest absolute Gasteiger partial charge is 0.461 e. The monoisotopic (exact) mass is 293 g/mol. The molecule has 0 aromatic rings. The quantitative estimate of drug-likeness (QED) is 0.623. The van der Waals surface area contributed by atoms with Gasteiger partial charge in [-0.2, -0.15) is 0 Å². The summed E-state index contributed by atoms with van der Waals surface area (Å²) in [5.74, 6) is 0.417. The van der Waals surface area contributed by atoms with Gasteiger partial charge < -0.3 is 14.7 Å². The van der Waals surface area contributed by atoms with Gasteiger partial charge in [-0.15, -0.1) is 0 Å². The molecule has 118 valence electrons. The molecule has 0 spiro atoms. The summed E-state index contributed by atoms with van der Waals surface area (Å²) < 4.78 is 5.81. The summed E-state index contributed by atoms with van der Waals surface area (Å²) in [5.41, 5.74) is 1.14. The maximum absolute atomic E-state index is 12.3. The first-order valence-electron chi connectivity index (χ1n) is 8.04. The lowest BCUT2D eigenvalue weighted by atomic mass is 9.55. The van der Waals surface area contributed by atoms with Gasteiger partial charge in [0.25, 0.3) is 0 Å². The maximum Gasteiger partial charge on any atom is 0.310 e. The second-order valence-electron chi connectivity index (χ2n) is 7.66. The Hall–Kier alpha value is -0.870. The molecule has 6 atom stereocenters. The number of aliphatic hydroxyl groups is 1. The number of carbonyl (C=O) groups is 1. The van der Waals surface area contributed by atoms with Gasteiger partial charge in [-0.05, 0) is 40.3 Å². The highest BCUT2D eigenvalue weighted by molar-refractivity contribution is 5.76. The fraction of sp³-hybridized carbons (Fsp3) is 0.824. The van der Waals surface area contributed by atoms with E-state index < -0.39 is 0 Å². The molecule has 0 amide bonds. The number of hydrogen-bond acceptors (Lipinski definition) is 4. The summed E-state index contributed by atoms with van der Waals surface area (Å²) in [6.45, 7) is 5.06. The second kappa shape index (κ2) is 5.10. The lowest BCUT2D eigenvalue weighted by Gasteiger charge is -2.51. The van der Waals surface area contributed by atoms with E-state index in [1.807, 2.05) is 14.1 Å². The fourth-order valence-electron chi connectivity index (χ4n) is 4.85. The molecule has 2 aliphatic carbocycles. The third-order valence-electron chi connectivity index (χ3n) is 6.03. The molecule has 0 radical (unpaired) electrons. The van der Waals surface area contributed by atoms with Crippen molar-refractivity contribution >= 4 is 5.97 Å². The Morgan fingerprint density at radius 2 is 2.19 bits per heavy atom. The van der Waals surface area contributed by atoms with E-state index >= 15 is 0 Å². The second-order valence-corrected chi connectivity index (χ2v) is 7.66. The van der Waals surface area contributed by atoms with Crippen LogP contribution in [0.25, 0.3) is 0 Å². The Morgan fingerprint density at radius 1 is 1.48 bits per heavy atom. The van der Waals surface area contributed by atoms with E-state index in [9.17, 15) is 9.90 Å². The van der Waals surface area contributed by atoms with Crippen molar-refractivity contribution in [1.82, 2.24) is 4.90 Å². The molecule has 2 fully saturated rings. The molecular weight excluding hydrogens is 266 g/mol. The van der Waals surface area contributed by atoms with E-state index in [2.05, 4.69) is 24.8 Å². The SMILES string of the molecule is CC1=CC[C@@H](O)[C@]2(C)CC[C@@H]3[C@H](OC(=O)[C@H]3CN(C)C)[C@@H]12. The van der Waals surface area contributed by atoms with Crippen molar-refractivity contribution in [3.05, 3.63) is 11.6 Å². The van der Waals surface area contributed by atoms with Crippen LogP contribution in [-0.4, -0.2) is 48.8 Å². The minimum Gasteiger partial charge on any atom is -0.461 e. The van der Waals surface area contributed by atoms with Crippen molar-refractivity contribution in [3.8, 4) is 0 Å². The van der Waals surface area contributed by atoms with Crippen LogP contribution >= 0.6 is 0 Å². The van der Waals surface area contributed by atoms with Crippen molar-refractivity contribution < 1.29 is 14.6 Å². The molecule has 0 bridgehead atoms. The van der Waals surface area contributed by atoms with Crippen LogP contribution in [0.4, 0.5) is 0 Å². The van der Waals surface area contributed by atoms with Crippen molar-refractivity contribution in [2.75, 3.05) is 20.6 Å². The molecular formula is C17H27NO3. The average molecular weight is 293 g/mol. The lowest BCUT2D eigenvalue weighted by Crippen LogP contribution is -2.53. The first-order valence-corrected chi connectivity index (χ1v) is 8.04. The van der Waals surface area contributed by atoms with Crippen LogP contribution in [-0.2, 0) is 9.53 Å². The zero-order chi connectivity index (χ0) is 15.4. The van der Waals surface area contributed by atoms with Crippen LogP contribution < -0.4 is 0 Å². The molecule has 0 aromatic heterocycles. The van der Waals surface area contributed by atoms with Gasteiger partial charge in [0.1, 0.15) is 6.10 Å². The van der Waals surface area contributed by atoms with Crippen LogP contribution in [0, 0.1) is 23.2 Å². The third-order valence-corrected chi connectivity index (χ3v) is 6.03. The van der Waals surface area contributed by atoms with Gasteiger partial charge >= 0.3 is 5.97 Å². The van der Waals surface area contributed by atoms with Crippen molar-refractivity contribution in [1.29, 1.82) is 0 Å². The average Bonchev–Trinajstić information content (AvgIpc) is 2.70. The van der Waals surface area contributed by atoms with Gasteiger partial charge in [-0.1, -0.05) is 18.6 Å². The number of rotatable bonds is 2. The predicted octanol–water partition coefficient (Wildman–Crippen LogP) is 1.83. The van der Waals surface area contributed by atoms with Gasteiger partial charge in [0.2, 0.25) is 0 Å². The first-order chi connectivity index (χ1) is 9.84. The van der Waals surface area contributed by atoms with Crippen molar-refractivity contribution in [2.24, 2.45) is 23.2 Å². The van der Waals surface area contributed by atoms with E-state index in [1.54, 1.807) is 0 Å². The molecule has 0 aromatic carbocycles. The molecule has 1 N–H and O–H groups in total. The lowest BCUT2D eigenvalue weighted by molar-refractivity contribution is -0.151. The van der Waals surface area contributed by atoms with Gasteiger partial charge in [0.15, 0.2) is 0 Å². The number of nitrogens with zero attached hydrogens (tertiary/aromatic N) is 1. The predicted molar refractivity (Wildman–Crippen MR) is 80.6 cm³/mol. The van der Waals surface area contributed by atoms with Gasteiger partial charge in [-0.25, -0.2) is 0 Å². The van der Waals surface area contributed by atoms with E-state index in [1.165, 1.54) is 5.57 Å². The fourth-order valence-corrected chi connectivity index (χ4v) is 4.85. The van der Waals surface area contributed by atoms with Gasteiger partial charge in [0, 0.05) is 23.8 Å². The third kappa shape index (κ3) is 2.23. The Kier molecular flexibility index (Phi) is 3.65. The van der Waals surface area contributed by atoms with Gasteiger partial charge in [-0.3, -0.25) is 4.79 Å². The summed E-state index contributed by atoms with van der Waals surface area (Å²) in [7, 11) is 4.01. The minimum absolute atomic E-state index is 0.0126. The van der Waals surface area contributed by atoms with Crippen LogP contribution in [0.1, 0.15) is 33.1 Å². The van der Waals surface area contributed by atoms with E-state index in [4.69, 9.17) is 4.74 Å². The molecule has 1 heterocycles. The topological polar surface area (TPSA) is 49.8 Å². The van der Waals surface area contributed by atoms with E-state index in [0.717, 1.165) is 25.8 Å². The summed E-state index contributed by atoms with van der Waals surface area (Å²) >= 11 is 0. The molecule has 3 aliphatic rings. The maximum atomic E-state index is 12.3. The van der Waals surface area contributed by atoms with Crippen LogP contribution in [0.3, 0.4) is 0 Å². The summed E-state index contributed by atoms with van der Waals surface area (Å²) in [4.78, 5) is 14.4. The van der Waals surface area contributed by atoms with Crippen LogP contribution in [0.15, 0.2) is 11.6 Å². The molecule has 1 aliphatic heterocycles. The zero-order valence-corrected chi connectivity index (χ0v) is 13.5. The summed E-state index contributed by atoms with van der Waals surface area (Å²) in [5, 5.41) is 10.5. The van der Waals surface area contributed by atoms with Crippen LogP contribution in [0.2, 0.25) is 0 Å². The standard InChI is InChI=1S/C17H27NO3/c1-10-5-6-13(19)17(2)8-7-11-12(9-18(3)4)16(20)21-15(11)14(10)17/h5,11-15,19H,6-9H2,1-4H3/t11-,12-,13+,14+,15-,17-/m0/s1. The van der Waals surface area contributed by atoms with E-state index in [-0.39, 0.29) is 35.4 Å². The molecule has 21 heavy (non-hydrogen) atoms. The van der Waals surface area contributed by atoms with E-state index in [0.29, 0.717) is 5.92 Å². The Bertz CT molecular complexity index is 473. The number of fused-ring (bicyclic) bond motifs is 3. The van der Waals surface area contributed by atoms with Crippen molar-refractivity contribution in [2.45, 2.75) is 45.3 Å². The summed E-state index contributed by atoms with van der Waals surface area (Å²) in [6.07, 6.45) is 4.45. The number of hydrogen-bond donors (Lipinski definition) is 1. The zero-order valence-electron chi connectivity index (χ0n) is 13.5. The highest BCUT2D eigenvalue weighted by Crippen LogP contribution is 2.56. The normalized spacial score (nSPS) is 45.9. The smallest absolute Gasteiger partial charge is 0.310 e. The molecule has 1 saturated heterocycles. The van der Waals surface area contributed by atoms with Gasteiger partial charge in [0.05, 0.1) is 12.0 Å². The minimum atomic E-state index is -0.321. The Labute approximate surface area is 127 Å². The van der Waals surface area contributed by atoms with Crippen molar-refractivity contribution in [3.63, 3.8) is 0 Å².